The molecule has 0 aliphatic heterocycles. The molecule has 0 spiro atoms. The van der Waals surface area contributed by atoms with Gasteiger partial charge >= 0.3 is 0 Å². The molecule has 1 aromatic heterocycles. The number of fused-ring (bicyclic) bond motifs is 1. The third kappa shape index (κ3) is 1.09. The van der Waals surface area contributed by atoms with Crippen molar-refractivity contribution < 1.29 is 5.11 Å². The molecule has 2 N–H and O–H groups in total. The molecule has 3 nitrogen and oxygen atoms in total. The topological polar surface area (TPSA) is 53.1 Å². The fourth-order valence-electron chi connectivity index (χ4n) is 1.39. The maximum Gasteiger partial charge on any atom is 0.256 e. The molecule has 1 heterocycles. The first kappa shape index (κ1) is 7.86. The van der Waals surface area contributed by atoms with Crippen molar-refractivity contribution in [3.05, 3.63) is 40.3 Å². The second kappa shape index (κ2) is 2.62. The number of aromatic amines is 1. The van der Waals surface area contributed by atoms with E-state index in [1.807, 2.05) is 0 Å². The van der Waals surface area contributed by atoms with Crippen LogP contribution in [0.3, 0.4) is 0 Å². The van der Waals surface area contributed by atoms with Crippen molar-refractivity contribution in [2.45, 2.75) is 6.92 Å². The minimum absolute atomic E-state index is 0.148. The maximum atomic E-state index is 11.4. The largest absolute Gasteiger partial charge is 0.505 e. The van der Waals surface area contributed by atoms with Gasteiger partial charge in [0.2, 0.25) is 0 Å². The van der Waals surface area contributed by atoms with E-state index in [9.17, 15) is 9.90 Å². The number of pyridine rings is 1. The predicted molar refractivity (Wildman–Crippen MR) is 51.0 cm³/mol. The average molecular weight is 175 g/mol. The first-order chi connectivity index (χ1) is 6.20. The number of nitrogens with one attached hydrogen (secondary N) is 1. The number of rotatable bonds is 0. The quantitative estimate of drug-likeness (QED) is 0.638. The summed E-state index contributed by atoms with van der Waals surface area (Å²) in [5.74, 6) is 0.148. The first-order valence-electron chi connectivity index (χ1n) is 4.01. The number of aromatic nitrogens is 1. The molecule has 0 aliphatic carbocycles. The molecule has 0 saturated carbocycles. The molecule has 0 unspecified atom stereocenters. The van der Waals surface area contributed by atoms with Crippen LogP contribution < -0.4 is 5.56 Å². The van der Waals surface area contributed by atoms with Gasteiger partial charge in [0, 0.05) is 5.39 Å². The second-order valence-electron chi connectivity index (χ2n) is 2.97. The number of H-pyrrole nitrogens is 1. The van der Waals surface area contributed by atoms with Crippen LogP contribution in [0, 0.1) is 6.92 Å². The van der Waals surface area contributed by atoms with Crippen LogP contribution in [0.4, 0.5) is 0 Å². The van der Waals surface area contributed by atoms with Crippen LogP contribution >= 0.6 is 0 Å². The van der Waals surface area contributed by atoms with E-state index in [2.05, 4.69) is 4.98 Å². The minimum Gasteiger partial charge on any atom is -0.505 e. The van der Waals surface area contributed by atoms with Crippen LogP contribution in [-0.2, 0) is 0 Å². The number of benzene rings is 1. The Hall–Kier alpha value is -1.77. The van der Waals surface area contributed by atoms with Crippen molar-refractivity contribution in [2.75, 3.05) is 0 Å². The highest BCUT2D eigenvalue weighted by atomic mass is 16.3. The second-order valence-corrected chi connectivity index (χ2v) is 2.97. The van der Waals surface area contributed by atoms with Gasteiger partial charge in [0.05, 0.1) is 11.1 Å². The van der Waals surface area contributed by atoms with Gasteiger partial charge in [0.25, 0.3) is 5.56 Å². The van der Waals surface area contributed by atoms with Gasteiger partial charge in [-0.1, -0.05) is 18.2 Å². The Bertz CT molecular complexity index is 514. The zero-order chi connectivity index (χ0) is 9.42. The maximum absolute atomic E-state index is 11.4. The van der Waals surface area contributed by atoms with Gasteiger partial charge in [0.1, 0.15) is 5.75 Å². The summed E-state index contributed by atoms with van der Waals surface area (Å²) in [6, 6.07) is 6.98. The van der Waals surface area contributed by atoms with Crippen LogP contribution in [0.15, 0.2) is 29.1 Å². The van der Waals surface area contributed by atoms with Gasteiger partial charge in [-0.2, -0.15) is 0 Å². The summed E-state index contributed by atoms with van der Waals surface area (Å²) in [5.41, 5.74) is 0.342. The van der Waals surface area contributed by atoms with Crippen LogP contribution in [-0.4, -0.2) is 10.1 Å². The zero-order valence-electron chi connectivity index (χ0n) is 7.16. The first-order valence-corrected chi connectivity index (χ1v) is 4.01. The van der Waals surface area contributed by atoms with E-state index < -0.39 is 0 Å². The van der Waals surface area contributed by atoms with E-state index in [4.69, 9.17) is 0 Å². The fraction of sp³-hybridized carbons (Fsp3) is 0.100. The van der Waals surface area contributed by atoms with Gasteiger partial charge in [-0.3, -0.25) is 4.79 Å². The lowest BCUT2D eigenvalue weighted by molar-refractivity contribution is 0.474. The van der Waals surface area contributed by atoms with Crippen LogP contribution in [0.1, 0.15) is 5.69 Å². The van der Waals surface area contributed by atoms with E-state index in [1.165, 1.54) is 0 Å². The molecule has 2 rings (SSSR count). The molecule has 66 valence electrons. The highest BCUT2D eigenvalue weighted by molar-refractivity contribution is 5.87. The monoisotopic (exact) mass is 175 g/mol. The molecular formula is C10H9NO2. The van der Waals surface area contributed by atoms with Crippen molar-refractivity contribution in [2.24, 2.45) is 0 Å². The Morgan fingerprint density at radius 1 is 1.23 bits per heavy atom. The lowest BCUT2D eigenvalue weighted by atomic mass is 10.1. The van der Waals surface area contributed by atoms with E-state index in [0.29, 0.717) is 16.5 Å². The third-order valence-electron chi connectivity index (χ3n) is 2.08. The van der Waals surface area contributed by atoms with E-state index in [1.54, 1.807) is 31.2 Å². The van der Waals surface area contributed by atoms with Crippen LogP contribution in [0.2, 0.25) is 0 Å². The fourth-order valence-corrected chi connectivity index (χ4v) is 1.39. The Morgan fingerprint density at radius 2 is 1.85 bits per heavy atom. The van der Waals surface area contributed by atoms with Gasteiger partial charge in [-0.25, -0.2) is 0 Å². The highest BCUT2D eigenvalue weighted by Gasteiger charge is 2.05. The smallest absolute Gasteiger partial charge is 0.256 e. The predicted octanol–water partition coefficient (Wildman–Crippen LogP) is 1.54. The summed E-state index contributed by atoms with van der Waals surface area (Å²) in [6.45, 7) is 1.67. The Morgan fingerprint density at radius 3 is 2.54 bits per heavy atom. The van der Waals surface area contributed by atoms with Crippen molar-refractivity contribution in [1.29, 1.82) is 0 Å². The summed E-state index contributed by atoms with van der Waals surface area (Å²) in [5, 5.41) is 10.7. The molecule has 2 aromatic rings. The molecule has 3 heteroatoms. The standard InChI is InChI=1S/C10H9NO2/c1-6-9(12)7-4-2-3-5-8(7)10(13)11-6/h2-5,12H,1H3,(H,11,13). The molecular weight excluding hydrogens is 166 g/mol. The minimum atomic E-state index is -0.161. The number of hydrogen-bond acceptors (Lipinski definition) is 2. The summed E-state index contributed by atoms with van der Waals surface area (Å²) >= 11 is 0. The summed E-state index contributed by atoms with van der Waals surface area (Å²) in [7, 11) is 0. The molecule has 13 heavy (non-hydrogen) atoms. The normalized spacial score (nSPS) is 10.5. The third-order valence-corrected chi connectivity index (χ3v) is 2.08. The van der Waals surface area contributed by atoms with Crippen LogP contribution in [0.5, 0.6) is 5.75 Å². The molecule has 0 aliphatic rings. The van der Waals surface area contributed by atoms with Crippen molar-refractivity contribution in [1.82, 2.24) is 4.98 Å². The van der Waals surface area contributed by atoms with Crippen molar-refractivity contribution in [3.8, 4) is 5.75 Å². The van der Waals surface area contributed by atoms with Gasteiger partial charge < -0.3 is 10.1 Å². The number of aromatic hydroxyl groups is 1. The zero-order valence-corrected chi connectivity index (χ0v) is 7.16. The molecule has 0 amide bonds. The van der Waals surface area contributed by atoms with Crippen molar-refractivity contribution in [3.63, 3.8) is 0 Å². The molecule has 0 fully saturated rings. The van der Waals surface area contributed by atoms with E-state index in [0.717, 1.165) is 0 Å². The van der Waals surface area contributed by atoms with Gasteiger partial charge in [-0.15, -0.1) is 0 Å². The van der Waals surface area contributed by atoms with E-state index in [-0.39, 0.29) is 11.3 Å². The van der Waals surface area contributed by atoms with Gasteiger partial charge in [0.15, 0.2) is 0 Å². The van der Waals surface area contributed by atoms with Crippen molar-refractivity contribution >= 4 is 10.8 Å². The number of hydrogen-bond donors (Lipinski definition) is 2. The lowest BCUT2D eigenvalue weighted by Crippen LogP contribution is -2.07. The lowest BCUT2D eigenvalue weighted by Gasteiger charge is -2.02. The summed E-state index contributed by atoms with van der Waals surface area (Å²) in [6.07, 6.45) is 0. The summed E-state index contributed by atoms with van der Waals surface area (Å²) in [4.78, 5) is 14.0. The molecule has 1 aromatic carbocycles. The van der Waals surface area contributed by atoms with Gasteiger partial charge in [-0.05, 0) is 13.0 Å². The molecule has 0 radical (unpaired) electrons. The molecule has 0 atom stereocenters. The average Bonchev–Trinajstić information content (AvgIpc) is 2.15. The number of aryl methyl sites for hydroxylation is 1. The Balaban J connectivity index is 3.06. The molecule has 0 saturated heterocycles. The summed E-state index contributed by atoms with van der Waals surface area (Å²) < 4.78 is 0. The highest BCUT2D eigenvalue weighted by Crippen LogP contribution is 2.23. The Labute approximate surface area is 74.7 Å². The van der Waals surface area contributed by atoms with Crippen LogP contribution in [0.25, 0.3) is 10.8 Å². The SMILES string of the molecule is Cc1[nH]c(=O)c2ccccc2c1O. The molecule has 0 bridgehead atoms. The Kier molecular flexibility index (Phi) is 1.59. The van der Waals surface area contributed by atoms with E-state index >= 15 is 0 Å².